The Morgan fingerprint density at radius 1 is 1.47 bits per heavy atom. The van der Waals surface area contributed by atoms with E-state index in [1.165, 1.54) is 6.07 Å². The third-order valence-electron chi connectivity index (χ3n) is 3.69. The zero-order valence-electron chi connectivity index (χ0n) is 10.8. The van der Waals surface area contributed by atoms with Crippen molar-refractivity contribution in [3.63, 3.8) is 0 Å². The molecule has 1 saturated heterocycles. The lowest BCUT2D eigenvalue weighted by Gasteiger charge is -2.26. The number of hydrogen-bond acceptors (Lipinski definition) is 3. The molecule has 1 aliphatic heterocycles. The van der Waals surface area contributed by atoms with Crippen LogP contribution in [0.2, 0.25) is 0 Å². The molecule has 0 radical (unpaired) electrons. The van der Waals surface area contributed by atoms with E-state index < -0.39 is 5.82 Å². The molecule has 0 amide bonds. The van der Waals surface area contributed by atoms with E-state index in [0.717, 1.165) is 25.9 Å². The molecule has 1 N–H and O–H groups in total. The Balaban J connectivity index is 2.24. The number of fused-ring (bicyclic) bond motifs is 1. The van der Waals surface area contributed by atoms with Crippen LogP contribution in [0, 0.1) is 12.7 Å². The van der Waals surface area contributed by atoms with Gasteiger partial charge in [-0.05, 0) is 38.4 Å². The van der Waals surface area contributed by atoms with Gasteiger partial charge >= 0.3 is 0 Å². The van der Waals surface area contributed by atoms with Crippen molar-refractivity contribution in [1.29, 1.82) is 0 Å². The van der Waals surface area contributed by atoms with Crippen molar-refractivity contribution in [1.82, 2.24) is 14.9 Å². The van der Waals surface area contributed by atoms with E-state index in [9.17, 15) is 9.18 Å². The smallest absolute Gasteiger partial charge is 0.264 e. The van der Waals surface area contributed by atoms with Crippen molar-refractivity contribution in [2.75, 3.05) is 13.1 Å². The standard InChI is InChI=1S/C14H16FN3O/c1-9-17-12-6-2-5-11(15)13(12)14(19)18(9)10-4-3-7-16-8-10/h2,5-6,10,16H,3-4,7-8H2,1H3. The van der Waals surface area contributed by atoms with Gasteiger partial charge in [-0.3, -0.25) is 9.36 Å². The second-order valence-electron chi connectivity index (χ2n) is 4.97. The van der Waals surface area contributed by atoms with Gasteiger partial charge in [0.25, 0.3) is 5.56 Å². The Labute approximate surface area is 110 Å². The Morgan fingerprint density at radius 3 is 3.05 bits per heavy atom. The van der Waals surface area contributed by atoms with Gasteiger partial charge in [-0.1, -0.05) is 6.07 Å². The molecule has 1 unspecified atom stereocenters. The molecule has 100 valence electrons. The van der Waals surface area contributed by atoms with E-state index in [0.29, 0.717) is 11.3 Å². The van der Waals surface area contributed by atoms with Crippen molar-refractivity contribution >= 4 is 10.9 Å². The minimum atomic E-state index is -0.493. The number of rotatable bonds is 1. The number of piperidine rings is 1. The van der Waals surface area contributed by atoms with Gasteiger partial charge in [0.1, 0.15) is 17.0 Å². The first-order valence-electron chi connectivity index (χ1n) is 6.56. The molecule has 2 aromatic rings. The van der Waals surface area contributed by atoms with Gasteiger partial charge in [-0.2, -0.15) is 0 Å². The summed E-state index contributed by atoms with van der Waals surface area (Å²) in [7, 11) is 0. The summed E-state index contributed by atoms with van der Waals surface area (Å²) in [6, 6.07) is 4.63. The zero-order chi connectivity index (χ0) is 13.4. The van der Waals surface area contributed by atoms with Crippen LogP contribution in [-0.4, -0.2) is 22.6 Å². The number of halogens is 1. The van der Waals surface area contributed by atoms with E-state index in [1.54, 1.807) is 23.6 Å². The van der Waals surface area contributed by atoms with Crippen molar-refractivity contribution in [3.05, 3.63) is 40.2 Å². The molecule has 1 aromatic heterocycles. The summed E-state index contributed by atoms with van der Waals surface area (Å²) in [4.78, 5) is 16.9. The molecule has 1 aromatic carbocycles. The average molecular weight is 261 g/mol. The van der Waals surface area contributed by atoms with Crippen LogP contribution in [0.3, 0.4) is 0 Å². The lowest BCUT2D eigenvalue weighted by molar-refractivity contribution is 0.357. The quantitative estimate of drug-likeness (QED) is 0.851. The molecule has 0 aliphatic carbocycles. The van der Waals surface area contributed by atoms with Crippen molar-refractivity contribution in [2.24, 2.45) is 0 Å². The molecule has 1 atom stereocenters. The summed E-state index contributed by atoms with van der Waals surface area (Å²) in [5, 5.41) is 3.37. The Bertz CT molecular complexity index is 674. The van der Waals surface area contributed by atoms with Gasteiger partial charge in [0.2, 0.25) is 0 Å². The van der Waals surface area contributed by atoms with E-state index >= 15 is 0 Å². The lowest BCUT2D eigenvalue weighted by atomic mass is 10.1. The van der Waals surface area contributed by atoms with Crippen molar-refractivity contribution < 1.29 is 4.39 Å². The first-order chi connectivity index (χ1) is 9.18. The highest BCUT2D eigenvalue weighted by Crippen LogP contribution is 2.19. The Hall–Kier alpha value is -1.75. The second-order valence-corrected chi connectivity index (χ2v) is 4.97. The summed E-state index contributed by atoms with van der Waals surface area (Å²) < 4.78 is 15.5. The predicted molar refractivity (Wildman–Crippen MR) is 71.8 cm³/mol. The fourth-order valence-corrected chi connectivity index (χ4v) is 2.80. The normalized spacial score (nSPS) is 19.8. The monoisotopic (exact) mass is 261 g/mol. The Kier molecular flexibility index (Phi) is 3.06. The number of aryl methyl sites for hydroxylation is 1. The highest BCUT2D eigenvalue weighted by atomic mass is 19.1. The van der Waals surface area contributed by atoms with E-state index in [2.05, 4.69) is 10.3 Å². The van der Waals surface area contributed by atoms with Crippen LogP contribution in [0.25, 0.3) is 10.9 Å². The molecule has 2 heterocycles. The fourth-order valence-electron chi connectivity index (χ4n) is 2.80. The second kappa shape index (κ2) is 4.74. The molecular weight excluding hydrogens is 245 g/mol. The van der Waals surface area contributed by atoms with E-state index in [4.69, 9.17) is 0 Å². The third-order valence-corrected chi connectivity index (χ3v) is 3.69. The first-order valence-corrected chi connectivity index (χ1v) is 6.56. The predicted octanol–water partition coefficient (Wildman–Crippen LogP) is 1.77. The Morgan fingerprint density at radius 2 is 2.32 bits per heavy atom. The molecule has 4 nitrogen and oxygen atoms in total. The molecular formula is C14H16FN3O. The highest BCUT2D eigenvalue weighted by Gasteiger charge is 2.20. The van der Waals surface area contributed by atoms with Gasteiger partial charge in [0.05, 0.1) is 11.6 Å². The summed E-state index contributed by atoms with van der Waals surface area (Å²) in [5.41, 5.74) is 0.164. The summed E-state index contributed by atoms with van der Waals surface area (Å²) >= 11 is 0. The number of nitrogens with one attached hydrogen (secondary N) is 1. The molecule has 1 fully saturated rings. The maximum Gasteiger partial charge on any atom is 0.264 e. The topological polar surface area (TPSA) is 46.9 Å². The van der Waals surface area contributed by atoms with Gasteiger partial charge in [0.15, 0.2) is 0 Å². The highest BCUT2D eigenvalue weighted by molar-refractivity contribution is 5.78. The summed E-state index contributed by atoms with van der Waals surface area (Å²) in [5.74, 6) is 0.157. The van der Waals surface area contributed by atoms with Gasteiger partial charge in [-0.15, -0.1) is 0 Å². The van der Waals surface area contributed by atoms with E-state index in [-0.39, 0.29) is 17.0 Å². The number of nitrogens with zero attached hydrogens (tertiary/aromatic N) is 2. The average Bonchev–Trinajstić information content (AvgIpc) is 2.39. The number of hydrogen-bond donors (Lipinski definition) is 1. The molecule has 3 rings (SSSR count). The van der Waals surface area contributed by atoms with Crippen molar-refractivity contribution in [2.45, 2.75) is 25.8 Å². The maximum atomic E-state index is 13.9. The number of aromatic nitrogens is 2. The first kappa shape index (κ1) is 12.3. The van der Waals surface area contributed by atoms with Crippen LogP contribution >= 0.6 is 0 Å². The van der Waals surface area contributed by atoms with Crippen LogP contribution in [0.5, 0.6) is 0 Å². The zero-order valence-corrected chi connectivity index (χ0v) is 10.8. The minimum absolute atomic E-state index is 0.0674. The van der Waals surface area contributed by atoms with E-state index in [1.807, 2.05) is 0 Å². The van der Waals surface area contributed by atoms with Crippen LogP contribution in [0.15, 0.2) is 23.0 Å². The lowest BCUT2D eigenvalue weighted by Crippen LogP contribution is -2.38. The van der Waals surface area contributed by atoms with Gasteiger partial charge in [-0.25, -0.2) is 9.37 Å². The minimum Gasteiger partial charge on any atom is -0.315 e. The molecule has 0 spiro atoms. The van der Waals surface area contributed by atoms with Crippen LogP contribution in [-0.2, 0) is 0 Å². The largest absolute Gasteiger partial charge is 0.315 e. The third kappa shape index (κ3) is 2.04. The van der Waals surface area contributed by atoms with Crippen LogP contribution < -0.4 is 10.9 Å². The van der Waals surface area contributed by atoms with Crippen molar-refractivity contribution in [3.8, 4) is 0 Å². The molecule has 5 heteroatoms. The molecule has 1 aliphatic rings. The van der Waals surface area contributed by atoms with Crippen LogP contribution in [0.1, 0.15) is 24.7 Å². The fraction of sp³-hybridized carbons (Fsp3) is 0.429. The molecule has 19 heavy (non-hydrogen) atoms. The summed E-state index contributed by atoms with van der Waals surface area (Å²) in [6.07, 6.45) is 1.95. The van der Waals surface area contributed by atoms with Gasteiger partial charge in [0, 0.05) is 6.54 Å². The van der Waals surface area contributed by atoms with Gasteiger partial charge < -0.3 is 5.32 Å². The number of benzene rings is 1. The molecule has 0 saturated carbocycles. The SMILES string of the molecule is Cc1nc2cccc(F)c2c(=O)n1C1CCCNC1. The maximum absolute atomic E-state index is 13.9. The summed E-state index contributed by atoms with van der Waals surface area (Å²) in [6.45, 7) is 3.52. The van der Waals surface area contributed by atoms with Crippen LogP contribution in [0.4, 0.5) is 4.39 Å². The molecule has 0 bridgehead atoms.